The van der Waals surface area contributed by atoms with E-state index in [0.29, 0.717) is 11.8 Å². The predicted molar refractivity (Wildman–Crippen MR) is 92.2 cm³/mol. The first-order valence-corrected chi connectivity index (χ1v) is 8.79. The third kappa shape index (κ3) is 2.54. The maximum absolute atomic E-state index is 5.95. The molecule has 2 aromatic heterocycles. The molecule has 5 heteroatoms. The first-order valence-electron chi connectivity index (χ1n) is 8.79. The van der Waals surface area contributed by atoms with Crippen LogP contribution in [0.5, 0.6) is 0 Å². The molecule has 5 rings (SSSR count). The molecule has 0 unspecified atom stereocenters. The topological polar surface area (TPSA) is 55.1 Å². The highest BCUT2D eigenvalue weighted by atomic mass is 16.3. The van der Waals surface area contributed by atoms with Crippen molar-refractivity contribution >= 4 is 16.9 Å². The van der Waals surface area contributed by atoms with Gasteiger partial charge in [0.1, 0.15) is 17.7 Å². The van der Waals surface area contributed by atoms with Crippen LogP contribution in [0.15, 0.2) is 41.1 Å². The summed E-state index contributed by atoms with van der Waals surface area (Å²) in [5, 5.41) is 0. The molecule has 1 saturated heterocycles. The van der Waals surface area contributed by atoms with Crippen LogP contribution in [-0.4, -0.2) is 28.0 Å². The quantitative estimate of drug-likeness (QED) is 0.733. The summed E-state index contributed by atoms with van der Waals surface area (Å²) in [6.07, 6.45) is 6.37. The molecule has 0 bridgehead atoms. The van der Waals surface area contributed by atoms with E-state index in [4.69, 9.17) is 4.42 Å². The van der Waals surface area contributed by atoms with Crippen LogP contribution in [0.1, 0.15) is 49.1 Å². The number of benzene rings is 1. The number of anilines is 1. The summed E-state index contributed by atoms with van der Waals surface area (Å²) in [6.45, 7) is 1.98. The molecular formula is C19H20N4O. The molecule has 122 valence electrons. The molecule has 0 atom stereocenters. The average Bonchev–Trinajstić information content (AvgIpc) is 3.41. The van der Waals surface area contributed by atoms with Crippen molar-refractivity contribution < 1.29 is 4.42 Å². The van der Waals surface area contributed by atoms with Crippen molar-refractivity contribution in [2.24, 2.45) is 0 Å². The molecule has 1 aromatic carbocycles. The Morgan fingerprint density at radius 2 is 1.79 bits per heavy atom. The summed E-state index contributed by atoms with van der Waals surface area (Å²) in [7, 11) is 0. The number of fused-ring (bicyclic) bond motifs is 1. The number of rotatable bonds is 3. The fourth-order valence-electron chi connectivity index (χ4n) is 3.56. The van der Waals surface area contributed by atoms with Crippen molar-refractivity contribution in [3.63, 3.8) is 0 Å². The lowest BCUT2D eigenvalue weighted by Crippen LogP contribution is -2.33. The smallest absolute Gasteiger partial charge is 0.198 e. The zero-order valence-corrected chi connectivity index (χ0v) is 13.6. The van der Waals surface area contributed by atoms with Gasteiger partial charge in [-0.25, -0.2) is 15.0 Å². The maximum atomic E-state index is 5.95. The number of nitrogens with zero attached hydrogens (tertiary/aromatic N) is 4. The minimum absolute atomic E-state index is 0.401. The normalized spacial score (nSPS) is 19.1. The van der Waals surface area contributed by atoms with Crippen LogP contribution in [0.25, 0.3) is 11.1 Å². The molecule has 3 heterocycles. The third-order valence-electron chi connectivity index (χ3n) is 5.15. The third-order valence-corrected chi connectivity index (χ3v) is 5.15. The molecule has 1 aliphatic heterocycles. The second kappa shape index (κ2) is 5.58. The lowest BCUT2D eigenvalue weighted by molar-refractivity contribution is 0.406. The van der Waals surface area contributed by atoms with Crippen LogP contribution in [0.2, 0.25) is 0 Å². The van der Waals surface area contributed by atoms with Crippen LogP contribution in [-0.2, 0) is 0 Å². The van der Waals surface area contributed by atoms with Crippen LogP contribution < -0.4 is 4.90 Å². The Hall–Kier alpha value is -2.43. The summed E-state index contributed by atoms with van der Waals surface area (Å²) >= 11 is 0. The van der Waals surface area contributed by atoms with Gasteiger partial charge in [-0.1, -0.05) is 12.1 Å². The fourth-order valence-corrected chi connectivity index (χ4v) is 3.56. The molecule has 1 saturated carbocycles. The largest absolute Gasteiger partial charge is 0.440 e. The SMILES string of the molecule is c1ccc2oc(C3CCN(c4cc(C5CC5)ncn4)CC3)nc2c1. The van der Waals surface area contributed by atoms with E-state index in [9.17, 15) is 0 Å². The van der Waals surface area contributed by atoms with Crippen LogP contribution >= 0.6 is 0 Å². The Morgan fingerprint density at radius 1 is 0.958 bits per heavy atom. The monoisotopic (exact) mass is 320 g/mol. The predicted octanol–water partition coefficient (Wildman–Crippen LogP) is 3.88. The second-order valence-corrected chi connectivity index (χ2v) is 6.86. The zero-order chi connectivity index (χ0) is 15.9. The van der Waals surface area contributed by atoms with E-state index in [1.165, 1.54) is 18.5 Å². The van der Waals surface area contributed by atoms with Crippen LogP contribution in [0.4, 0.5) is 5.82 Å². The van der Waals surface area contributed by atoms with Crippen LogP contribution in [0.3, 0.4) is 0 Å². The molecule has 24 heavy (non-hydrogen) atoms. The van der Waals surface area contributed by atoms with Crippen molar-refractivity contribution in [2.45, 2.75) is 37.5 Å². The number of hydrogen-bond acceptors (Lipinski definition) is 5. The lowest BCUT2D eigenvalue weighted by atomic mass is 9.97. The van der Waals surface area contributed by atoms with Crippen molar-refractivity contribution in [1.82, 2.24) is 15.0 Å². The number of para-hydroxylation sites is 2. The van der Waals surface area contributed by atoms with E-state index in [0.717, 1.165) is 48.7 Å². The van der Waals surface area contributed by atoms with Gasteiger partial charge in [-0.15, -0.1) is 0 Å². The molecule has 2 fully saturated rings. The standard InChI is InChI=1S/C19H20N4O/c1-2-4-17-15(3-1)22-19(24-17)14-7-9-23(10-8-14)18-11-16(13-5-6-13)20-12-21-18/h1-4,11-14H,5-10H2. The van der Waals surface area contributed by atoms with Gasteiger partial charge in [-0.05, 0) is 37.8 Å². The van der Waals surface area contributed by atoms with E-state index in [1.807, 2.05) is 24.3 Å². The minimum Gasteiger partial charge on any atom is -0.440 e. The highest BCUT2D eigenvalue weighted by molar-refractivity contribution is 5.72. The van der Waals surface area contributed by atoms with Gasteiger partial charge in [0.05, 0.1) is 0 Å². The molecule has 0 N–H and O–H groups in total. The molecule has 2 aliphatic rings. The van der Waals surface area contributed by atoms with Crippen molar-refractivity contribution in [3.05, 3.63) is 48.2 Å². The fraction of sp³-hybridized carbons (Fsp3) is 0.421. The van der Waals surface area contributed by atoms with E-state index in [1.54, 1.807) is 6.33 Å². The van der Waals surface area contributed by atoms with Gasteiger partial charge in [0.25, 0.3) is 0 Å². The molecule has 0 amide bonds. The molecule has 1 aliphatic carbocycles. The first kappa shape index (κ1) is 14.0. The van der Waals surface area contributed by atoms with E-state index >= 15 is 0 Å². The molecule has 5 nitrogen and oxygen atoms in total. The van der Waals surface area contributed by atoms with E-state index < -0.39 is 0 Å². The van der Waals surface area contributed by atoms with Crippen LogP contribution in [0, 0.1) is 0 Å². The number of piperidine rings is 1. The van der Waals surface area contributed by atoms with E-state index in [2.05, 4.69) is 25.9 Å². The Balaban J connectivity index is 1.31. The van der Waals surface area contributed by atoms with Crippen molar-refractivity contribution in [3.8, 4) is 0 Å². The van der Waals surface area contributed by atoms with Crippen molar-refractivity contribution in [2.75, 3.05) is 18.0 Å². The first-order chi connectivity index (χ1) is 11.9. The minimum atomic E-state index is 0.401. The van der Waals surface area contributed by atoms with Gasteiger partial charge in [-0.2, -0.15) is 0 Å². The molecule has 0 radical (unpaired) electrons. The lowest BCUT2D eigenvalue weighted by Gasteiger charge is -2.31. The Kier molecular flexibility index (Phi) is 3.25. The zero-order valence-electron chi connectivity index (χ0n) is 13.6. The molecular weight excluding hydrogens is 300 g/mol. The number of aromatic nitrogens is 3. The summed E-state index contributed by atoms with van der Waals surface area (Å²) in [5.74, 6) is 3.03. The van der Waals surface area contributed by atoms with Gasteiger partial charge in [-0.3, -0.25) is 0 Å². The Labute approximate surface area is 140 Å². The Bertz CT molecular complexity index is 829. The van der Waals surface area contributed by atoms with Crippen molar-refractivity contribution in [1.29, 1.82) is 0 Å². The van der Waals surface area contributed by atoms with Gasteiger partial charge in [0.2, 0.25) is 0 Å². The highest BCUT2D eigenvalue weighted by Gasteiger charge is 2.28. The maximum Gasteiger partial charge on any atom is 0.198 e. The second-order valence-electron chi connectivity index (χ2n) is 6.86. The van der Waals surface area contributed by atoms with E-state index in [-0.39, 0.29) is 0 Å². The summed E-state index contributed by atoms with van der Waals surface area (Å²) in [4.78, 5) is 15.9. The highest BCUT2D eigenvalue weighted by Crippen LogP contribution is 2.40. The summed E-state index contributed by atoms with van der Waals surface area (Å²) in [6, 6.07) is 10.2. The number of oxazole rings is 1. The molecule has 0 spiro atoms. The molecule has 3 aromatic rings. The summed E-state index contributed by atoms with van der Waals surface area (Å²) in [5.41, 5.74) is 3.06. The van der Waals surface area contributed by atoms with Gasteiger partial charge < -0.3 is 9.32 Å². The van der Waals surface area contributed by atoms with Gasteiger partial charge in [0, 0.05) is 36.7 Å². The average molecular weight is 320 g/mol. The Morgan fingerprint density at radius 3 is 2.58 bits per heavy atom. The summed E-state index contributed by atoms with van der Waals surface area (Å²) < 4.78 is 5.95. The number of hydrogen-bond donors (Lipinski definition) is 0. The van der Waals surface area contributed by atoms with Gasteiger partial charge in [0.15, 0.2) is 11.5 Å². The van der Waals surface area contributed by atoms with Gasteiger partial charge >= 0.3 is 0 Å².